The Labute approximate surface area is 68.5 Å². The third-order valence-electron chi connectivity index (χ3n) is 1.56. The summed E-state index contributed by atoms with van der Waals surface area (Å²) in [7, 11) is 1.55. The molecule has 0 fully saturated rings. The van der Waals surface area contributed by atoms with Crippen LogP contribution in [-0.2, 0) is 13.6 Å². The number of aliphatic hydroxyl groups excluding tert-OH is 1. The maximum Gasteiger partial charge on any atom is 0.330 e. The first-order chi connectivity index (χ1) is 5.66. The van der Waals surface area contributed by atoms with Gasteiger partial charge in [-0.15, -0.1) is 0 Å². The second-order valence-electron chi connectivity index (χ2n) is 2.42. The summed E-state index contributed by atoms with van der Waals surface area (Å²) in [6.07, 6.45) is 1.40. The molecule has 0 amide bonds. The molecule has 0 aliphatic heterocycles. The smallest absolute Gasteiger partial charge is 0.330 e. The fraction of sp³-hybridized carbons (Fsp3) is 0.429. The summed E-state index contributed by atoms with van der Waals surface area (Å²) in [6.45, 7) is -0.161. The van der Waals surface area contributed by atoms with Crippen LogP contribution in [0.3, 0.4) is 0 Å². The van der Waals surface area contributed by atoms with Crippen molar-refractivity contribution in [3.05, 3.63) is 33.1 Å². The molecule has 1 rings (SSSR count). The number of hydrogen-bond acceptors (Lipinski definition) is 3. The lowest BCUT2D eigenvalue weighted by Crippen LogP contribution is -2.38. The van der Waals surface area contributed by atoms with Crippen molar-refractivity contribution in [1.82, 2.24) is 9.13 Å². The third-order valence-corrected chi connectivity index (χ3v) is 1.56. The molecular weight excluding hydrogens is 160 g/mol. The van der Waals surface area contributed by atoms with Gasteiger partial charge in [-0.25, -0.2) is 4.79 Å². The minimum atomic E-state index is -0.406. The fourth-order valence-corrected chi connectivity index (χ4v) is 0.920. The highest BCUT2D eigenvalue weighted by Gasteiger charge is 2.00. The maximum atomic E-state index is 11.2. The highest BCUT2D eigenvalue weighted by molar-refractivity contribution is 4.85. The Balaban J connectivity index is 3.34. The number of aromatic nitrogens is 2. The van der Waals surface area contributed by atoms with Crippen LogP contribution in [0.2, 0.25) is 0 Å². The van der Waals surface area contributed by atoms with E-state index in [2.05, 4.69) is 0 Å². The molecule has 0 radical (unpaired) electrons. The first-order valence-corrected chi connectivity index (χ1v) is 3.54. The van der Waals surface area contributed by atoms with Gasteiger partial charge in [-0.3, -0.25) is 9.36 Å². The van der Waals surface area contributed by atoms with Crippen LogP contribution in [0.4, 0.5) is 0 Å². The summed E-state index contributed by atoms with van der Waals surface area (Å²) in [5, 5.41) is 8.55. The van der Waals surface area contributed by atoms with Crippen LogP contribution >= 0.6 is 0 Å². The molecule has 5 nitrogen and oxygen atoms in total. The number of rotatable bonds is 2. The lowest BCUT2D eigenvalue weighted by atomic mass is 10.5. The highest BCUT2D eigenvalue weighted by Crippen LogP contribution is 1.72. The zero-order valence-electron chi connectivity index (χ0n) is 6.73. The molecule has 1 heterocycles. The molecule has 0 saturated heterocycles. The van der Waals surface area contributed by atoms with E-state index in [0.29, 0.717) is 0 Å². The number of aryl methyl sites for hydroxylation is 1. The van der Waals surface area contributed by atoms with E-state index in [4.69, 9.17) is 5.11 Å². The van der Waals surface area contributed by atoms with E-state index in [0.717, 1.165) is 4.57 Å². The van der Waals surface area contributed by atoms with E-state index >= 15 is 0 Å². The van der Waals surface area contributed by atoms with Crippen LogP contribution in [0.15, 0.2) is 21.9 Å². The van der Waals surface area contributed by atoms with Gasteiger partial charge in [0.1, 0.15) is 0 Å². The van der Waals surface area contributed by atoms with Crippen LogP contribution in [0, 0.1) is 0 Å². The zero-order valence-corrected chi connectivity index (χ0v) is 6.73. The molecule has 5 heteroatoms. The first kappa shape index (κ1) is 8.73. The van der Waals surface area contributed by atoms with E-state index < -0.39 is 5.69 Å². The predicted octanol–water partition coefficient (Wildman–Crippen LogP) is -1.46. The Bertz CT molecular complexity index is 377. The summed E-state index contributed by atoms with van der Waals surface area (Å²) >= 11 is 0. The van der Waals surface area contributed by atoms with Gasteiger partial charge in [0.2, 0.25) is 0 Å². The van der Waals surface area contributed by atoms with Gasteiger partial charge in [0.25, 0.3) is 5.56 Å². The number of aliphatic hydroxyl groups is 1. The summed E-state index contributed by atoms with van der Waals surface area (Å²) in [5.74, 6) is 0. The molecule has 0 aromatic carbocycles. The van der Waals surface area contributed by atoms with Crippen LogP contribution in [-0.4, -0.2) is 20.8 Å². The minimum absolute atomic E-state index is 0.0480. The normalized spacial score (nSPS) is 10.2. The monoisotopic (exact) mass is 170 g/mol. The average Bonchev–Trinajstić information content (AvgIpc) is 2.06. The molecule has 0 spiro atoms. The number of nitrogens with zero attached hydrogens (tertiary/aromatic N) is 2. The molecule has 1 N–H and O–H groups in total. The van der Waals surface area contributed by atoms with Crippen molar-refractivity contribution in [1.29, 1.82) is 0 Å². The Kier molecular flexibility index (Phi) is 2.44. The van der Waals surface area contributed by atoms with Gasteiger partial charge < -0.3 is 9.67 Å². The Morgan fingerprint density at radius 2 is 2.17 bits per heavy atom. The zero-order chi connectivity index (χ0) is 9.14. The van der Waals surface area contributed by atoms with Gasteiger partial charge in [-0.1, -0.05) is 0 Å². The maximum absolute atomic E-state index is 11.2. The van der Waals surface area contributed by atoms with Gasteiger partial charge in [0, 0.05) is 19.3 Å². The van der Waals surface area contributed by atoms with Crippen LogP contribution in [0.1, 0.15) is 0 Å². The Morgan fingerprint density at radius 1 is 1.50 bits per heavy atom. The third kappa shape index (κ3) is 1.45. The molecule has 1 aromatic heterocycles. The second kappa shape index (κ2) is 3.36. The highest BCUT2D eigenvalue weighted by atomic mass is 16.3. The summed E-state index contributed by atoms with van der Waals surface area (Å²) in [5.41, 5.74) is -0.788. The van der Waals surface area contributed by atoms with E-state index in [-0.39, 0.29) is 18.7 Å². The molecule has 0 aliphatic rings. The number of hydrogen-bond donors (Lipinski definition) is 1. The second-order valence-corrected chi connectivity index (χ2v) is 2.42. The minimum Gasteiger partial charge on any atom is -0.395 e. The van der Waals surface area contributed by atoms with Gasteiger partial charge in [-0.2, -0.15) is 0 Å². The van der Waals surface area contributed by atoms with Crippen molar-refractivity contribution in [2.24, 2.45) is 7.05 Å². The molecule has 12 heavy (non-hydrogen) atoms. The van der Waals surface area contributed by atoms with Crippen molar-refractivity contribution in [2.45, 2.75) is 6.54 Å². The van der Waals surface area contributed by atoms with Crippen molar-refractivity contribution in [2.75, 3.05) is 6.61 Å². The lowest BCUT2D eigenvalue weighted by molar-refractivity contribution is 0.270. The van der Waals surface area contributed by atoms with E-state index in [9.17, 15) is 9.59 Å². The molecule has 0 aliphatic carbocycles. The van der Waals surface area contributed by atoms with E-state index in [1.807, 2.05) is 0 Å². The van der Waals surface area contributed by atoms with Crippen molar-refractivity contribution in [3.63, 3.8) is 0 Å². The molecule has 0 atom stereocenters. The SMILES string of the molecule is Cn1ccc(=O)n(CCO)c1=O. The van der Waals surface area contributed by atoms with Crippen LogP contribution in [0.5, 0.6) is 0 Å². The Morgan fingerprint density at radius 3 is 2.75 bits per heavy atom. The van der Waals surface area contributed by atoms with Crippen LogP contribution in [0.25, 0.3) is 0 Å². The molecule has 0 saturated carbocycles. The fourth-order valence-electron chi connectivity index (χ4n) is 0.920. The average molecular weight is 170 g/mol. The predicted molar refractivity (Wildman–Crippen MR) is 43.0 cm³/mol. The quantitative estimate of drug-likeness (QED) is 0.590. The lowest BCUT2D eigenvalue weighted by Gasteiger charge is -2.02. The molecule has 66 valence electrons. The van der Waals surface area contributed by atoms with E-state index in [1.54, 1.807) is 7.05 Å². The first-order valence-electron chi connectivity index (χ1n) is 3.54. The van der Waals surface area contributed by atoms with Gasteiger partial charge in [-0.05, 0) is 0 Å². The summed E-state index contributed by atoms with van der Waals surface area (Å²) in [6, 6.07) is 1.29. The molecule has 1 aromatic rings. The topological polar surface area (TPSA) is 64.2 Å². The van der Waals surface area contributed by atoms with Crippen LogP contribution < -0.4 is 11.2 Å². The standard InChI is InChI=1S/C7H10N2O3/c1-8-3-2-6(11)9(4-5-10)7(8)12/h2-3,10H,4-5H2,1H3. The van der Waals surface area contributed by atoms with Gasteiger partial charge >= 0.3 is 5.69 Å². The van der Waals surface area contributed by atoms with Gasteiger partial charge in [0.05, 0.1) is 13.2 Å². The van der Waals surface area contributed by atoms with Gasteiger partial charge in [0.15, 0.2) is 0 Å². The van der Waals surface area contributed by atoms with Crippen molar-refractivity contribution >= 4 is 0 Å². The largest absolute Gasteiger partial charge is 0.395 e. The molecule has 0 bridgehead atoms. The summed E-state index contributed by atoms with van der Waals surface area (Å²) in [4.78, 5) is 22.2. The van der Waals surface area contributed by atoms with Crippen molar-refractivity contribution in [3.8, 4) is 0 Å². The summed E-state index contributed by atoms with van der Waals surface area (Å²) < 4.78 is 2.27. The van der Waals surface area contributed by atoms with E-state index in [1.165, 1.54) is 16.8 Å². The Hall–Kier alpha value is -1.36. The van der Waals surface area contributed by atoms with Crippen molar-refractivity contribution < 1.29 is 5.11 Å². The molecule has 0 unspecified atom stereocenters. The molecular formula is C7H10N2O3.